The van der Waals surface area contributed by atoms with Crippen molar-refractivity contribution in [1.29, 1.82) is 0 Å². The summed E-state index contributed by atoms with van der Waals surface area (Å²) in [5.74, 6) is -0.376. The molecule has 0 aliphatic heterocycles. The molecule has 2 aromatic carbocycles. The van der Waals surface area contributed by atoms with Crippen LogP contribution in [-0.4, -0.2) is 16.1 Å². The van der Waals surface area contributed by atoms with E-state index in [-0.39, 0.29) is 5.56 Å². The van der Waals surface area contributed by atoms with Crippen LogP contribution in [0, 0.1) is 0 Å². The van der Waals surface area contributed by atoms with Crippen molar-refractivity contribution in [2.45, 2.75) is 0 Å². The first kappa shape index (κ1) is 15.8. The van der Waals surface area contributed by atoms with Gasteiger partial charge in [0, 0.05) is 10.9 Å². The molecule has 4 rings (SSSR count). The minimum absolute atomic E-state index is 0.178. The van der Waals surface area contributed by atoms with Crippen LogP contribution in [0.25, 0.3) is 34.2 Å². The van der Waals surface area contributed by atoms with Gasteiger partial charge in [-0.25, -0.2) is 9.78 Å². The molecule has 1 N–H and O–H groups in total. The highest BCUT2D eigenvalue weighted by molar-refractivity contribution is 6.09. The standard InChI is InChI=1S/C22H15NO3/c24-22(25)21-19(13-12-16-9-6-14-26-16)23-18-11-5-4-10-17(18)20(21)15-7-2-1-3-8-15/h1-14H,(H,24,25). The first-order valence-corrected chi connectivity index (χ1v) is 8.17. The minimum atomic E-state index is -1.01. The van der Waals surface area contributed by atoms with E-state index in [4.69, 9.17) is 4.42 Å². The molecule has 2 aromatic heterocycles. The molecule has 126 valence electrons. The molecule has 2 heterocycles. The molecule has 4 aromatic rings. The Labute approximate surface area is 150 Å². The molecular weight excluding hydrogens is 326 g/mol. The normalized spacial score (nSPS) is 11.2. The van der Waals surface area contributed by atoms with E-state index in [1.54, 1.807) is 30.5 Å². The van der Waals surface area contributed by atoms with Gasteiger partial charge in [-0.3, -0.25) is 0 Å². The zero-order valence-electron chi connectivity index (χ0n) is 13.8. The fourth-order valence-electron chi connectivity index (χ4n) is 3.02. The maximum absolute atomic E-state index is 12.1. The highest BCUT2D eigenvalue weighted by Gasteiger charge is 2.20. The Morgan fingerprint density at radius 2 is 1.69 bits per heavy atom. The Morgan fingerprint density at radius 3 is 2.42 bits per heavy atom. The van der Waals surface area contributed by atoms with E-state index in [9.17, 15) is 9.90 Å². The lowest BCUT2D eigenvalue weighted by atomic mass is 9.94. The molecule has 0 bridgehead atoms. The van der Waals surface area contributed by atoms with Crippen molar-refractivity contribution >= 4 is 29.0 Å². The van der Waals surface area contributed by atoms with Crippen LogP contribution < -0.4 is 0 Å². The lowest BCUT2D eigenvalue weighted by molar-refractivity contribution is 0.0697. The molecule has 0 aliphatic rings. The zero-order valence-corrected chi connectivity index (χ0v) is 13.8. The van der Waals surface area contributed by atoms with Crippen LogP contribution in [0.5, 0.6) is 0 Å². The van der Waals surface area contributed by atoms with Crippen molar-refractivity contribution in [3.8, 4) is 11.1 Å². The molecule has 0 aliphatic carbocycles. The molecule has 0 amide bonds. The second kappa shape index (κ2) is 6.69. The first-order chi connectivity index (χ1) is 12.7. The SMILES string of the molecule is O=C(O)c1c(C=Cc2ccco2)nc2ccccc2c1-c1ccccc1. The van der Waals surface area contributed by atoms with Crippen LogP contribution in [-0.2, 0) is 0 Å². The molecule has 4 heteroatoms. The smallest absolute Gasteiger partial charge is 0.338 e. The molecule has 26 heavy (non-hydrogen) atoms. The quantitative estimate of drug-likeness (QED) is 0.542. The second-order valence-electron chi connectivity index (χ2n) is 5.78. The van der Waals surface area contributed by atoms with E-state index in [1.807, 2.05) is 54.6 Å². The van der Waals surface area contributed by atoms with Gasteiger partial charge in [0.25, 0.3) is 0 Å². The number of furan rings is 1. The third kappa shape index (κ3) is 2.89. The van der Waals surface area contributed by atoms with Crippen molar-refractivity contribution in [2.24, 2.45) is 0 Å². The number of fused-ring (bicyclic) bond motifs is 1. The van der Waals surface area contributed by atoms with Gasteiger partial charge in [0.1, 0.15) is 5.76 Å². The van der Waals surface area contributed by atoms with Crippen molar-refractivity contribution in [2.75, 3.05) is 0 Å². The number of pyridine rings is 1. The lowest BCUT2D eigenvalue weighted by Gasteiger charge is -2.13. The number of aromatic nitrogens is 1. The van der Waals surface area contributed by atoms with Gasteiger partial charge in [-0.05, 0) is 35.9 Å². The molecule has 4 nitrogen and oxygen atoms in total. The Balaban J connectivity index is 2.03. The largest absolute Gasteiger partial charge is 0.478 e. The summed E-state index contributed by atoms with van der Waals surface area (Å²) in [5, 5.41) is 10.7. The summed E-state index contributed by atoms with van der Waals surface area (Å²) < 4.78 is 5.30. The number of carboxylic acid groups (broad SMARTS) is 1. The van der Waals surface area contributed by atoms with Crippen LogP contribution in [0.2, 0.25) is 0 Å². The van der Waals surface area contributed by atoms with Crippen LogP contribution >= 0.6 is 0 Å². The van der Waals surface area contributed by atoms with Gasteiger partial charge in [-0.2, -0.15) is 0 Å². The van der Waals surface area contributed by atoms with E-state index < -0.39 is 5.97 Å². The number of benzene rings is 2. The Bertz CT molecular complexity index is 1100. The number of para-hydroxylation sites is 1. The predicted molar refractivity (Wildman–Crippen MR) is 102 cm³/mol. The fraction of sp³-hybridized carbons (Fsp3) is 0. The molecule has 0 unspecified atom stereocenters. The Kier molecular flexibility index (Phi) is 4.07. The third-order valence-corrected chi connectivity index (χ3v) is 4.15. The van der Waals surface area contributed by atoms with Gasteiger partial charge in [0.05, 0.1) is 23.0 Å². The van der Waals surface area contributed by atoms with Crippen LogP contribution in [0.1, 0.15) is 21.8 Å². The van der Waals surface area contributed by atoms with Gasteiger partial charge >= 0.3 is 5.97 Å². The van der Waals surface area contributed by atoms with E-state index in [0.29, 0.717) is 17.0 Å². The van der Waals surface area contributed by atoms with Crippen LogP contribution in [0.4, 0.5) is 0 Å². The van der Waals surface area contributed by atoms with Gasteiger partial charge in [-0.15, -0.1) is 0 Å². The Morgan fingerprint density at radius 1 is 0.923 bits per heavy atom. The summed E-state index contributed by atoms with van der Waals surface area (Å²) in [4.78, 5) is 16.7. The fourth-order valence-corrected chi connectivity index (χ4v) is 3.02. The Hall–Kier alpha value is -3.66. The molecule has 0 atom stereocenters. The number of hydrogen-bond acceptors (Lipinski definition) is 3. The highest BCUT2D eigenvalue weighted by atomic mass is 16.4. The van der Waals surface area contributed by atoms with Gasteiger partial charge < -0.3 is 9.52 Å². The number of aromatic carboxylic acids is 1. The summed E-state index contributed by atoms with van der Waals surface area (Å²) in [6, 6.07) is 20.7. The average Bonchev–Trinajstić information content (AvgIpc) is 3.19. The summed E-state index contributed by atoms with van der Waals surface area (Å²) in [6.07, 6.45) is 4.97. The molecule has 0 radical (unpaired) electrons. The maximum atomic E-state index is 12.1. The summed E-state index contributed by atoms with van der Waals surface area (Å²) >= 11 is 0. The van der Waals surface area contributed by atoms with E-state index in [2.05, 4.69) is 4.98 Å². The van der Waals surface area contributed by atoms with Gasteiger partial charge in [0.2, 0.25) is 0 Å². The van der Waals surface area contributed by atoms with E-state index in [1.165, 1.54) is 0 Å². The summed E-state index contributed by atoms with van der Waals surface area (Å²) in [5.41, 5.74) is 2.83. The maximum Gasteiger partial charge on any atom is 0.338 e. The van der Waals surface area contributed by atoms with Crippen molar-refractivity contribution < 1.29 is 14.3 Å². The summed E-state index contributed by atoms with van der Waals surface area (Å²) in [7, 11) is 0. The highest BCUT2D eigenvalue weighted by Crippen LogP contribution is 2.33. The predicted octanol–water partition coefficient (Wildman–Crippen LogP) is 5.36. The first-order valence-electron chi connectivity index (χ1n) is 8.17. The molecule has 0 saturated carbocycles. The molecule has 0 fully saturated rings. The van der Waals surface area contributed by atoms with Gasteiger partial charge in [0.15, 0.2) is 0 Å². The van der Waals surface area contributed by atoms with Crippen molar-refractivity contribution in [1.82, 2.24) is 4.98 Å². The van der Waals surface area contributed by atoms with E-state index in [0.717, 1.165) is 16.5 Å². The third-order valence-electron chi connectivity index (χ3n) is 4.15. The van der Waals surface area contributed by atoms with E-state index >= 15 is 0 Å². The summed E-state index contributed by atoms with van der Waals surface area (Å²) in [6.45, 7) is 0. The average molecular weight is 341 g/mol. The molecule has 0 saturated heterocycles. The van der Waals surface area contributed by atoms with Crippen LogP contribution in [0.15, 0.2) is 77.4 Å². The topological polar surface area (TPSA) is 63.3 Å². The van der Waals surface area contributed by atoms with Crippen molar-refractivity contribution in [3.05, 3.63) is 90.0 Å². The minimum Gasteiger partial charge on any atom is -0.478 e. The van der Waals surface area contributed by atoms with Crippen LogP contribution in [0.3, 0.4) is 0 Å². The molecule has 0 spiro atoms. The molecular formula is C22H15NO3. The number of rotatable bonds is 4. The number of carbonyl (C=O) groups is 1. The number of hydrogen-bond donors (Lipinski definition) is 1. The zero-order chi connectivity index (χ0) is 17.9. The van der Waals surface area contributed by atoms with Gasteiger partial charge in [-0.1, -0.05) is 48.5 Å². The number of carboxylic acids is 1. The second-order valence-corrected chi connectivity index (χ2v) is 5.78. The number of nitrogens with zero attached hydrogens (tertiary/aromatic N) is 1. The monoisotopic (exact) mass is 341 g/mol. The van der Waals surface area contributed by atoms with Crippen molar-refractivity contribution in [3.63, 3.8) is 0 Å². The lowest BCUT2D eigenvalue weighted by Crippen LogP contribution is -2.06.